The van der Waals surface area contributed by atoms with Crippen molar-refractivity contribution in [2.45, 2.75) is 19.3 Å². The molecule has 7 heteroatoms. The molecule has 19 heavy (non-hydrogen) atoms. The number of carbonyl (C=O) groups excluding carboxylic acids is 2. The minimum absolute atomic E-state index is 0.0614. The van der Waals surface area contributed by atoms with Crippen LogP contribution in [0.1, 0.15) is 19.3 Å². The van der Waals surface area contributed by atoms with Gasteiger partial charge in [-0.1, -0.05) is 0 Å². The Hall–Kier alpha value is -1.63. The van der Waals surface area contributed by atoms with Gasteiger partial charge in [-0.05, 0) is 12.8 Å². The molecule has 1 amide bonds. The number of carboxylic acid groups (broad SMARTS) is 1. The summed E-state index contributed by atoms with van der Waals surface area (Å²) in [6.07, 6.45) is 1.23. The van der Waals surface area contributed by atoms with Crippen LogP contribution in [0.3, 0.4) is 0 Å². The van der Waals surface area contributed by atoms with Crippen LogP contribution >= 0.6 is 0 Å². The first kappa shape index (κ1) is 15.4. The summed E-state index contributed by atoms with van der Waals surface area (Å²) in [5.74, 6) is -1.50. The number of piperidine rings is 1. The van der Waals surface area contributed by atoms with E-state index in [9.17, 15) is 14.4 Å². The second kappa shape index (κ2) is 7.73. The van der Waals surface area contributed by atoms with Gasteiger partial charge in [-0.15, -0.1) is 0 Å². The van der Waals surface area contributed by atoms with Crippen molar-refractivity contribution in [3.63, 3.8) is 0 Å². The number of methoxy groups -OCH3 is 1. The number of nitrogens with one attached hydrogen (secondary N) is 1. The highest BCUT2D eigenvalue weighted by atomic mass is 16.5. The summed E-state index contributed by atoms with van der Waals surface area (Å²) in [4.78, 5) is 35.1. The molecule has 0 bridgehead atoms. The van der Waals surface area contributed by atoms with Crippen molar-refractivity contribution in [2.24, 2.45) is 5.92 Å². The molecule has 0 atom stereocenters. The SMILES string of the molecule is COC(=O)CCNCC(=O)N1CCC(C(=O)O)CC1. The fraction of sp³-hybridized carbons (Fsp3) is 0.750. The highest BCUT2D eigenvalue weighted by Gasteiger charge is 2.26. The highest BCUT2D eigenvalue weighted by molar-refractivity contribution is 5.79. The Morgan fingerprint density at radius 1 is 1.32 bits per heavy atom. The molecular weight excluding hydrogens is 252 g/mol. The van der Waals surface area contributed by atoms with E-state index in [2.05, 4.69) is 10.1 Å². The summed E-state index contributed by atoms with van der Waals surface area (Å²) < 4.78 is 4.48. The number of esters is 1. The van der Waals surface area contributed by atoms with Crippen molar-refractivity contribution in [3.05, 3.63) is 0 Å². The molecule has 0 aliphatic carbocycles. The lowest BCUT2D eigenvalue weighted by atomic mass is 9.97. The Balaban J connectivity index is 2.17. The molecule has 0 aromatic rings. The summed E-state index contributed by atoms with van der Waals surface area (Å²) in [7, 11) is 1.32. The molecule has 0 aromatic heterocycles. The Morgan fingerprint density at radius 3 is 2.47 bits per heavy atom. The zero-order chi connectivity index (χ0) is 14.3. The van der Waals surface area contributed by atoms with Crippen LogP contribution in [0.2, 0.25) is 0 Å². The molecule has 1 aliphatic rings. The number of amides is 1. The van der Waals surface area contributed by atoms with Gasteiger partial charge in [0.2, 0.25) is 5.91 Å². The fourth-order valence-corrected chi connectivity index (χ4v) is 1.98. The summed E-state index contributed by atoms with van der Waals surface area (Å²) in [5, 5.41) is 11.7. The fourth-order valence-electron chi connectivity index (χ4n) is 1.98. The monoisotopic (exact) mass is 272 g/mol. The summed E-state index contributed by atoms with van der Waals surface area (Å²) in [6.45, 7) is 1.52. The van der Waals surface area contributed by atoms with Gasteiger partial charge in [0.15, 0.2) is 0 Å². The standard InChI is InChI=1S/C12H20N2O5/c1-19-11(16)2-5-13-8-10(15)14-6-3-9(4-7-14)12(17)18/h9,13H,2-8H2,1H3,(H,17,18). The van der Waals surface area contributed by atoms with E-state index in [-0.39, 0.29) is 30.8 Å². The number of likely N-dealkylation sites (tertiary alicyclic amines) is 1. The van der Waals surface area contributed by atoms with Gasteiger partial charge in [-0.3, -0.25) is 14.4 Å². The summed E-state index contributed by atoms with van der Waals surface area (Å²) >= 11 is 0. The molecule has 0 saturated carbocycles. The van der Waals surface area contributed by atoms with Gasteiger partial charge in [0.05, 0.1) is 26.0 Å². The first-order valence-electron chi connectivity index (χ1n) is 6.32. The van der Waals surface area contributed by atoms with Gasteiger partial charge in [0, 0.05) is 19.6 Å². The first-order chi connectivity index (χ1) is 9.04. The second-order valence-electron chi connectivity index (χ2n) is 4.50. The van der Waals surface area contributed by atoms with E-state index >= 15 is 0 Å². The van der Waals surface area contributed by atoms with E-state index in [1.165, 1.54) is 7.11 Å². The maximum absolute atomic E-state index is 11.8. The molecule has 0 radical (unpaired) electrons. The molecule has 2 N–H and O–H groups in total. The number of hydrogen-bond donors (Lipinski definition) is 2. The Kier molecular flexibility index (Phi) is 6.27. The summed E-state index contributed by atoms with van der Waals surface area (Å²) in [6, 6.07) is 0. The molecule has 0 spiro atoms. The van der Waals surface area contributed by atoms with E-state index in [1.807, 2.05) is 0 Å². The number of aliphatic carboxylic acids is 1. The lowest BCUT2D eigenvalue weighted by molar-refractivity contribution is -0.145. The third-order valence-electron chi connectivity index (χ3n) is 3.21. The lowest BCUT2D eigenvalue weighted by Gasteiger charge is -2.30. The average molecular weight is 272 g/mol. The molecule has 1 heterocycles. The highest BCUT2D eigenvalue weighted by Crippen LogP contribution is 2.16. The normalized spacial score (nSPS) is 16.2. The van der Waals surface area contributed by atoms with Crippen LogP contribution in [0, 0.1) is 5.92 Å². The minimum Gasteiger partial charge on any atom is -0.481 e. The lowest BCUT2D eigenvalue weighted by Crippen LogP contribution is -2.44. The maximum atomic E-state index is 11.8. The molecule has 1 saturated heterocycles. The van der Waals surface area contributed by atoms with Gasteiger partial charge in [0.25, 0.3) is 0 Å². The van der Waals surface area contributed by atoms with E-state index in [4.69, 9.17) is 5.11 Å². The molecule has 7 nitrogen and oxygen atoms in total. The van der Waals surface area contributed by atoms with Crippen LogP contribution in [0.4, 0.5) is 0 Å². The quantitative estimate of drug-likeness (QED) is 0.498. The smallest absolute Gasteiger partial charge is 0.306 e. The van der Waals surface area contributed by atoms with E-state index in [1.54, 1.807) is 4.90 Å². The average Bonchev–Trinajstić information content (AvgIpc) is 2.43. The van der Waals surface area contributed by atoms with Crippen molar-refractivity contribution in [1.29, 1.82) is 0 Å². The second-order valence-corrected chi connectivity index (χ2v) is 4.50. The number of ether oxygens (including phenoxy) is 1. The Morgan fingerprint density at radius 2 is 1.95 bits per heavy atom. The van der Waals surface area contributed by atoms with Gasteiger partial charge in [-0.25, -0.2) is 0 Å². The Bertz CT molecular complexity index is 337. The predicted octanol–water partition coefficient (Wildman–Crippen LogP) is -0.538. The molecule has 108 valence electrons. The topological polar surface area (TPSA) is 95.9 Å². The predicted molar refractivity (Wildman–Crippen MR) is 66.4 cm³/mol. The molecule has 0 aromatic carbocycles. The number of nitrogens with zero attached hydrogens (tertiary/aromatic N) is 1. The van der Waals surface area contributed by atoms with Crippen LogP contribution in [0.5, 0.6) is 0 Å². The van der Waals surface area contributed by atoms with E-state index in [0.29, 0.717) is 32.5 Å². The van der Waals surface area contributed by atoms with Gasteiger partial charge in [0.1, 0.15) is 0 Å². The van der Waals surface area contributed by atoms with Crippen LogP contribution in [0.15, 0.2) is 0 Å². The van der Waals surface area contributed by atoms with Crippen LogP contribution in [0.25, 0.3) is 0 Å². The maximum Gasteiger partial charge on any atom is 0.306 e. The van der Waals surface area contributed by atoms with Crippen LogP contribution < -0.4 is 5.32 Å². The zero-order valence-electron chi connectivity index (χ0n) is 11.1. The minimum atomic E-state index is -0.789. The van der Waals surface area contributed by atoms with Crippen LogP contribution in [-0.4, -0.2) is 61.1 Å². The van der Waals surface area contributed by atoms with Gasteiger partial charge < -0.3 is 20.1 Å². The Labute approximate surface area is 111 Å². The number of carbonyl (C=O) groups is 3. The van der Waals surface area contributed by atoms with Crippen molar-refractivity contribution < 1.29 is 24.2 Å². The molecule has 1 rings (SSSR count). The summed E-state index contributed by atoms with van der Waals surface area (Å²) in [5.41, 5.74) is 0. The largest absolute Gasteiger partial charge is 0.481 e. The van der Waals surface area contributed by atoms with E-state index in [0.717, 1.165) is 0 Å². The number of carboxylic acids is 1. The third-order valence-corrected chi connectivity index (χ3v) is 3.21. The number of rotatable bonds is 6. The van der Waals surface area contributed by atoms with Crippen LogP contribution in [-0.2, 0) is 19.1 Å². The molecule has 0 unspecified atom stereocenters. The molecule has 1 fully saturated rings. The number of hydrogen-bond acceptors (Lipinski definition) is 5. The third kappa shape index (κ3) is 5.25. The molecule has 1 aliphatic heterocycles. The van der Waals surface area contributed by atoms with Gasteiger partial charge >= 0.3 is 11.9 Å². The van der Waals surface area contributed by atoms with Crippen molar-refractivity contribution in [3.8, 4) is 0 Å². The van der Waals surface area contributed by atoms with Crippen molar-refractivity contribution in [2.75, 3.05) is 33.3 Å². The first-order valence-corrected chi connectivity index (χ1v) is 6.32. The molecular formula is C12H20N2O5. The van der Waals surface area contributed by atoms with Crippen molar-refractivity contribution >= 4 is 17.8 Å². The zero-order valence-corrected chi connectivity index (χ0v) is 11.1. The van der Waals surface area contributed by atoms with Crippen molar-refractivity contribution in [1.82, 2.24) is 10.2 Å². The van der Waals surface area contributed by atoms with E-state index < -0.39 is 5.97 Å². The van der Waals surface area contributed by atoms with Gasteiger partial charge in [-0.2, -0.15) is 0 Å².